The number of hydrogen-bond acceptors (Lipinski definition) is 8. The minimum absolute atomic E-state index is 0.0539. The zero-order valence-corrected chi connectivity index (χ0v) is 31.6. The standard InChI is InChI=1S/C40H53ClFN5O5/c1-4-8-30(2)47-28-32-27-31(12-13-34(32)39(47)48)9-5-6-18-43-19-21-49-23-25-51-26-24-50-22-20-46-29-37(44-45-46)40(3)16-14-33(15-17-40)52-36-11-7-10-35(41)38(36)42/h7,10-13,27,29-30,33,43H,4,6,8,14-26,28H2,1-3H3/t30?,33-,40-. The number of nitrogens with zero attached hydrogens (tertiary/aromatic N) is 4. The number of ether oxygens (including phenoxy) is 4. The van der Waals surface area contributed by atoms with Crippen LogP contribution in [0.5, 0.6) is 5.75 Å². The Hall–Kier alpha value is -3.53. The largest absolute Gasteiger partial charge is 0.487 e. The number of hydrogen-bond donors (Lipinski definition) is 1. The molecule has 1 unspecified atom stereocenters. The predicted molar refractivity (Wildman–Crippen MR) is 199 cm³/mol. The summed E-state index contributed by atoms with van der Waals surface area (Å²) in [4.78, 5) is 14.7. The first-order valence-corrected chi connectivity index (χ1v) is 19.0. The lowest BCUT2D eigenvalue weighted by atomic mass is 9.73. The first kappa shape index (κ1) is 39.7. The van der Waals surface area contributed by atoms with Gasteiger partial charge in [-0.1, -0.05) is 55.0 Å². The number of nitrogens with one attached hydrogen (secondary N) is 1. The lowest BCUT2D eigenvalue weighted by molar-refractivity contribution is 0.0133. The smallest absolute Gasteiger partial charge is 0.254 e. The van der Waals surface area contributed by atoms with Gasteiger partial charge >= 0.3 is 0 Å². The van der Waals surface area contributed by atoms with Gasteiger partial charge in [0.2, 0.25) is 0 Å². The first-order chi connectivity index (χ1) is 25.3. The SMILES string of the molecule is CCCC(C)N1Cc2cc(C#CCCNCCOCCOCCOCCn3cc([C@]4(C)CC[C@@H](Oc5cccc(Cl)c5F)CC4)nn3)ccc2C1=O. The maximum Gasteiger partial charge on any atom is 0.254 e. The van der Waals surface area contributed by atoms with Crippen molar-refractivity contribution in [1.29, 1.82) is 0 Å². The Morgan fingerprint density at radius 1 is 1.06 bits per heavy atom. The van der Waals surface area contributed by atoms with Gasteiger partial charge in [0.15, 0.2) is 11.6 Å². The maximum absolute atomic E-state index is 14.2. The number of aromatic nitrogens is 3. The summed E-state index contributed by atoms with van der Waals surface area (Å²) < 4.78 is 39.0. The molecule has 52 heavy (non-hydrogen) atoms. The molecule has 5 rings (SSSR count). The highest BCUT2D eigenvalue weighted by atomic mass is 35.5. The number of halogens is 2. The molecule has 1 atom stereocenters. The average molecular weight is 738 g/mol. The van der Waals surface area contributed by atoms with Gasteiger partial charge in [-0.15, -0.1) is 5.10 Å². The molecule has 1 aliphatic carbocycles. The van der Waals surface area contributed by atoms with E-state index in [2.05, 4.69) is 54.3 Å². The number of amides is 1. The van der Waals surface area contributed by atoms with Crippen LogP contribution < -0.4 is 10.1 Å². The van der Waals surface area contributed by atoms with Gasteiger partial charge in [0.1, 0.15) is 0 Å². The summed E-state index contributed by atoms with van der Waals surface area (Å²) in [6, 6.07) is 11.0. The Kier molecular flexibility index (Phi) is 15.3. The van der Waals surface area contributed by atoms with Crippen LogP contribution in [-0.2, 0) is 32.7 Å². The van der Waals surface area contributed by atoms with Gasteiger partial charge < -0.3 is 29.2 Å². The Morgan fingerprint density at radius 3 is 2.58 bits per heavy atom. The van der Waals surface area contributed by atoms with Crippen LogP contribution in [0.15, 0.2) is 42.6 Å². The molecule has 1 saturated carbocycles. The summed E-state index contributed by atoms with van der Waals surface area (Å²) in [5, 5.41) is 12.2. The predicted octanol–water partition coefficient (Wildman–Crippen LogP) is 6.58. The zero-order valence-electron chi connectivity index (χ0n) is 30.8. The highest BCUT2D eigenvalue weighted by Crippen LogP contribution is 2.39. The number of rotatable bonds is 20. The highest BCUT2D eigenvalue weighted by molar-refractivity contribution is 6.30. The molecule has 1 amide bonds. The molecule has 1 aromatic heterocycles. The number of fused-ring (bicyclic) bond motifs is 1. The van der Waals surface area contributed by atoms with E-state index in [1.54, 1.807) is 12.1 Å². The van der Waals surface area contributed by atoms with Gasteiger partial charge in [0, 0.05) is 54.8 Å². The van der Waals surface area contributed by atoms with Crippen molar-refractivity contribution in [2.75, 3.05) is 52.7 Å². The Bertz CT molecular complexity index is 1650. The molecule has 3 aromatic rings. The van der Waals surface area contributed by atoms with Gasteiger partial charge in [-0.2, -0.15) is 0 Å². The second-order valence-corrected chi connectivity index (χ2v) is 14.3. The molecule has 12 heteroatoms. The van der Waals surface area contributed by atoms with Crippen LogP contribution in [0.25, 0.3) is 0 Å². The van der Waals surface area contributed by atoms with Crippen molar-refractivity contribution in [3.8, 4) is 17.6 Å². The quantitative estimate of drug-likeness (QED) is 0.103. The summed E-state index contributed by atoms with van der Waals surface area (Å²) in [7, 11) is 0. The lowest BCUT2D eigenvalue weighted by Gasteiger charge is -2.35. The normalized spacial score (nSPS) is 19.0. The van der Waals surface area contributed by atoms with Crippen molar-refractivity contribution in [3.05, 3.63) is 75.8 Å². The second kappa shape index (κ2) is 20.1. The monoisotopic (exact) mass is 737 g/mol. The van der Waals surface area contributed by atoms with Crippen LogP contribution in [-0.4, -0.2) is 90.7 Å². The van der Waals surface area contributed by atoms with E-state index < -0.39 is 5.82 Å². The molecule has 2 aliphatic rings. The molecular weight excluding hydrogens is 685 g/mol. The first-order valence-electron chi connectivity index (χ1n) is 18.7. The summed E-state index contributed by atoms with van der Waals surface area (Å²) in [6.45, 7) is 12.5. The fourth-order valence-electron chi connectivity index (χ4n) is 6.68. The fraction of sp³-hybridized carbons (Fsp3) is 0.575. The topological polar surface area (TPSA) is 100.0 Å². The summed E-state index contributed by atoms with van der Waals surface area (Å²) in [6.07, 6.45) is 8.13. The summed E-state index contributed by atoms with van der Waals surface area (Å²) in [5.41, 5.74) is 3.70. The number of benzene rings is 2. The third kappa shape index (κ3) is 11.2. The van der Waals surface area contributed by atoms with E-state index >= 15 is 0 Å². The zero-order chi connectivity index (χ0) is 36.8. The molecule has 2 heterocycles. The van der Waals surface area contributed by atoms with Crippen LogP contribution in [0, 0.1) is 17.7 Å². The average Bonchev–Trinajstić information content (AvgIpc) is 3.76. The molecule has 1 N–H and O–H groups in total. The van der Waals surface area contributed by atoms with Crippen molar-refractivity contribution in [2.45, 2.75) is 96.4 Å². The molecular formula is C40H53ClFN5O5. The van der Waals surface area contributed by atoms with Crippen molar-refractivity contribution in [2.24, 2.45) is 0 Å². The number of carbonyl (C=O) groups excluding carboxylic acids is 1. The summed E-state index contributed by atoms with van der Waals surface area (Å²) in [5.74, 6) is 6.30. The summed E-state index contributed by atoms with van der Waals surface area (Å²) >= 11 is 5.90. The molecule has 1 aliphatic heterocycles. The Balaban J connectivity index is 0.839. The van der Waals surface area contributed by atoms with Gasteiger partial charge in [0.25, 0.3) is 5.91 Å². The van der Waals surface area contributed by atoms with E-state index in [-0.39, 0.29) is 34.2 Å². The Labute approximate surface area is 312 Å². The maximum atomic E-state index is 14.2. The van der Waals surface area contributed by atoms with E-state index in [4.69, 9.17) is 30.5 Å². The molecule has 10 nitrogen and oxygen atoms in total. The van der Waals surface area contributed by atoms with Crippen LogP contribution in [0.1, 0.15) is 92.9 Å². The van der Waals surface area contributed by atoms with Crippen molar-refractivity contribution in [3.63, 3.8) is 0 Å². The van der Waals surface area contributed by atoms with E-state index in [9.17, 15) is 9.18 Å². The van der Waals surface area contributed by atoms with Crippen molar-refractivity contribution < 1.29 is 28.1 Å². The van der Waals surface area contributed by atoms with E-state index in [1.165, 1.54) is 6.07 Å². The van der Waals surface area contributed by atoms with Gasteiger partial charge in [0.05, 0.1) is 63.0 Å². The van der Waals surface area contributed by atoms with Crippen LogP contribution >= 0.6 is 11.6 Å². The van der Waals surface area contributed by atoms with Crippen molar-refractivity contribution in [1.82, 2.24) is 25.2 Å². The minimum atomic E-state index is -0.505. The lowest BCUT2D eigenvalue weighted by Crippen LogP contribution is -2.33. The van der Waals surface area contributed by atoms with Crippen LogP contribution in [0.4, 0.5) is 4.39 Å². The van der Waals surface area contributed by atoms with Crippen LogP contribution in [0.2, 0.25) is 5.02 Å². The molecule has 282 valence electrons. The third-order valence-electron chi connectivity index (χ3n) is 9.87. The number of carbonyl (C=O) groups is 1. The van der Waals surface area contributed by atoms with Gasteiger partial charge in [-0.25, -0.2) is 9.07 Å². The minimum Gasteiger partial charge on any atom is -0.487 e. The molecule has 2 aromatic carbocycles. The Morgan fingerprint density at radius 2 is 1.81 bits per heavy atom. The fourth-order valence-corrected chi connectivity index (χ4v) is 6.84. The third-order valence-corrected chi connectivity index (χ3v) is 10.2. The van der Waals surface area contributed by atoms with E-state index in [0.29, 0.717) is 52.7 Å². The van der Waals surface area contributed by atoms with Gasteiger partial charge in [-0.3, -0.25) is 4.79 Å². The second-order valence-electron chi connectivity index (χ2n) is 13.9. The molecule has 1 fully saturated rings. The molecule has 0 bridgehead atoms. The molecule has 0 spiro atoms. The van der Waals surface area contributed by atoms with Crippen molar-refractivity contribution >= 4 is 17.5 Å². The molecule has 0 saturated heterocycles. The van der Waals surface area contributed by atoms with Crippen LogP contribution in [0.3, 0.4) is 0 Å². The van der Waals surface area contributed by atoms with E-state index in [1.807, 2.05) is 27.9 Å². The van der Waals surface area contributed by atoms with E-state index in [0.717, 1.165) is 80.4 Å². The highest BCUT2D eigenvalue weighted by Gasteiger charge is 2.36. The van der Waals surface area contributed by atoms with Gasteiger partial charge in [-0.05, 0) is 74.9 Å². The molecule has 0 radical (unpaired) electrons.